The lowest BCUT2D eigenvalue weighted by molar-refractivity contribution is -0.107. The van der Waals surface area contributed by atoms with Crippen molar-refractivity contribution in [2.24, 2.45) is 0 Å². The molecule has 0 saturated carbocycles. The lowest BCUT2D eigenvalue weighted by atomic mass is 10.2. The Bertz CT molecular complexity index is 325. The molecule has 64 valence electrons. The zero-order chi connectivity index (χ0) is 9.14. The Labute approximate surface area is 80.7 Å². The van der Waals surface area contributed by atoms with E-state index in [0.29, 0.717) is 0 Å². The predicted octanol–water partition coefficient (Wildman–Crippen LogP) is 3.14. The standard InChI is InChI=1S/C9H9ClOS/c1-6-5-8(7(2)12-6)3-4-9(10)11/h3-5H,1-2H3. The van der Waals surface area contributed by atoms with Crippen molar-refractivity contribution >= 4 is 34.3 Å². The highest BCUT2D eigenvalue weighted by Gasteiger charge is 1.98. The van der Waals surface area contributed by atoms with Crippen LogP contribution < -0.4 is 0 Å². The second kappa shape index (κ2) is 3.87. The van der Waals surface area contributed by atoms with Gasteiger partial charge in [-0.3, -0.25) is 4.79 Å². The molecule has 1 nitrogen and oxygen atoms in total. The van der Waals surface area contributed by atoms with Crippen LogP contribution in [-0.4, -0.2) is 5.24 Å². The topological polar surface area (TPSA) is 17.1 Å². The molecule has 1 heterocycles. The third kappa shape index (κ3) is 2.47. The Morgan fingerprint density at radius 2 is 2.25 bits per heavy atom. The minimum Gasteiger partial charge on any atom is -0.276 e. The minimum atomic E-state index is -0.432. The van der Waals surface area contributed by atoms with E-state index in [1.165, 1.54) is 15.8 Å². The van der Waals surface area contributed by atoms with Gasteiger partial charge in [0.1, 0.15) is 0 Å². The SMILES string of the molecule is Cc1cc(C=CC(=O)Cl)c(C)s1. The number of carbonyl (C=O) groups excluding carboxylic acids is 1. The Kier molecular flexibility index (Phi) is 3.06. The van der Waals surface area contributed by atoms with Gasteiger partial charge in [0, 0.05) is 9.75 Å². The minimum absolute atomic E-state index is 0.432. The quantitative estimate of drug-likeness (QED) is 0.530. The summed E-state index contributed by atoms with van der Waals surface area (Å²) in [4.78, 5) is 12.9. The van der Waals surface area contributed by atoms with E-state index in [4.69, 9.17) is 11.6 Å². The van der Waals surface area contributed by atoms with Crippen molar-refractivity contribution in [1.82, 2.24) is 0 Å². The van der Waals surface area contributed by atoms with E-state index in [-0.39, 0.29) is 0 Å². The van der Waals surface area contributed by atoms with Crippen LogP contribution in [0.1, 0.15) is 15.3 Å². The van der Waals surface area contributed by atoms with Crippen LogP contribution in [0.2, 0.25) is 0 Å². The molecule has 0 aliphatic carbocycles. The van der Waals surface area contributed by atoms with Crippen molar-refractivity contribution < 1.29 is 4.79 Å². The van der Waals surface area contributed by atoms with Gasteiger partial charge in [0.25, 0.3) is 0 Å². The van der Waals surface area contributed by atoms with Crippen LogP contribution in [0, 0.1) is 13.8 Å². The molecule has 1 aromatic rings. The smallest absolute Gasteiger partial charge is 0.245 e. The van der Waals surface area contributed by atoms with Crippen molar-refractivity contribution in [3.05, 3.63) is 27.5 Å². The molecule has 12 heavy (non-hydrogen) atoms. The highest BCUT2D eigenvalue weighted by Crippen LogP contribution is 2.21. The summed E-state index contributed by atoms with van der Waals surface area (Å²) in [5.74, 6) is 0. The van der Waals surface area contributed by atoms with Crippen LogP contribution in [0.25, 0.3) is 6.08 Å². The third-order valence-electron chi connectivity index (χ3n) is 1.47. The monoisotopic (exact) mass is 200 g/mol. The molecular weight excluding hydrogens is 192 g/mol. The first-order valence-electron chi connectivity index (χ1n) is 3.54. The number of halogens is 1. The van der Waals surface area contributed by atoms with Crippen LogP contribution in [0.15, 0.2) is 12.1 Å². The Morgan fingerprint density at radius 1 is 1.58 bits per heavy atom. The summed E-state index contributed by atoms with van der Waals surface area (Å²) in [5, 5.41) is -0.432. The molecule has 0 atom stereocenters. The van der Waals surface area contributed by atoms with E-state index in [2.05, 4.69) is 0 Å². The van der Waals surface area contributed by atoms with Gasteiger partial charge in [-0.1, -0.05) is 0 Å². The number of allylic oxidation sites excluding steroid dienone is 1. The maximum absolute atomic E-state index is 10.4. The average Bonchev–Trinajstić information content (AvgIpc) is 2.26. The normalized spacial score (nSPS) is 10.9. The molecule has 0 spiro atoms. The highest BCUT2D eigenvalue weighted by molar-refractivity contribution is 7.12. The van der Waals surface area contributed by atoms with Gasteiger partial charge < -0.3 is 0 Å². The van der Waals surface area contributed by atoms with Crippen molar-refractivity contribution in [1.29, 1.82) is 0 Å². The molecule has 0 amide bonds. The summed E-state index contributed by atoms with van der Waals surface area (Å²) in [6.45, 7) is 4.06. The molecule has 0 saturated heterocycles. The molecule has 3 heteroatoms. The molecular formula is C9H9ClOS. The number of hydrogen-bond acceptors (Lipinski definition) is 2. The molecule has 0 aliphatic heterocycles. The van der Waals surface area contributed by atoms with Crippen LogP contribution in [0.3, 0.4) is 0 Å². The summed E-state index contributed by atoms with van der Waals surface area (Å²) < 4.78 is 0. The van der Waals surface area contributed by atoms with Crippen LogP contribution in [0.4, 0.5) is 0 Å². The van der Waals surface area contributed by atoms with E-state index >= 15 is 0 Å². The van der Waals surface area contributed by atoms with Crippen molar-refractivity contribution in [2.75, 3.05) is 0 Å². The van der Waals surface area contributed by atoms with Gasteiger partial charge in [0.2, 0.25) is 5.24 Å². The van der Waals surface area contributed by atoms with Crippen LogP contribution >= 0.6 is 22.9 Å². The van der Waals surface area contributed by atoms with Gasteiger partial charge in [-0.05, 0) is 49.2 Å². The zero-order valence-corrected chi connectivity index (χ0v) is 8.50. The second-order valence-electron chi connectivity index (χ2n) is 2.51. The molecule has 0 bridgehead atoms. The van der Waals surface area contributed by atoms with E-state index < -0.39 is 5.24 Å². The molecule has 0 aromatic carbocycles. The van der Waals surface area contributed by atoms with E-state index in [0.717, 1.165) is 5.56 Å². The average molecular weight is 201 g/mol. The van der Waals surface area contributed by atoms with Crippen LogP contribution in [0.5, 0.6) is 0 Å². The summed E-state index contributed by atoms with van der Waals surface area (Å²) in [7, 11) is 0. The first-order valence-corrected chi connectivity index (χ1v) is 4.73. The van der Waals surface area contributed by atoms with E-state index in [1.54, 1.807) is 17.4 Å². The molecule has 0 radical (unpaired) electrons. The van der Waals surface area contributed by atoms with Gasteiger partial charge in [0.15, 0.2) is 0 Å². The zero-order valence-electron chi connectivity index (χ0n) is 6.93. The largest absolute Gasteiger partial charge is 0.276 e. The van der Waals surface area contributed by atoms with Crippen LogP contribution in [-0.2, 0) is 4.79 Å². The van der Waals surface area contributed by atoms with Crippen molar-refractivity contribution in [2.45, 2.75) is 13.8 Å². The number of thiophene rings is 1. The molecule has 1 rings (SSSR count). The molecule has 0 N–H and O–H groups in total. The highest BCUT2D eigenvalue weighted by atomic mass is 35.5. The van der Waals surface area contributed by atoms with Crippen molar-refractivity contribution in [3.8, 4) is 0 Å². The van der Waals surface area contributed by atoms with Gasteiger partial charge in [-0.2, -0.15) is 0 Å². The van der Waals surface area contributed by atoms with Crippen molar-refractivity contribution in [3.63, 3.8) is 0 Å². The fourth-order valence-corrected chi connectivity index (χ4v) is 1.95. The van der Waals surface area contributed by atoms with Gasteiger partial charge in [0.05, 0.1) is 0 Å². The Hall–Kier alpha value is -0.600. The van der Waals surface area contributed by atoms with Gasteiger partial charge in [-0.25, -0.2) is 0 Å². The third-order valence-corrected chi connectivity index (χ3v) is 2.58. The lowest BCUT2D eigenvalue weighted by Crippen LogP contribution is -1.75. The first kappa shape index (κ1) is 9.49. The van der Waals surface area contributed by atoms with Gasteiger partial charge >= 0.3 is 0 Å². The van der Waals surface area contributed by atoms with Gasteiger partial charge in [-0.15, -0.1) is 11.3 Å². The number of carbonyl (C=O) groups is 1. The van der Waals surface area contributed by atoms with E-state index in [1.807, 2.05) is 19.9 Å². The van der Waals surface area contributed by atoms with E-state index in [9.17, 15) is 4.79 Å². The molecule has 0 fully saturated rings. The molecule has 0 unspecified atom stereocenters. The second-order valence-corrected chi connectivity index (χ2v) is 4.34. The lowest BCUT2D eigenvalue weighted by Gasteiger charge is -1.85. The molecule has 1 aromatic heterocycles. The Balaban J connectivity index is 2.89. The number of hydrogen-bond donors (Lipinski definition) is 0. The predicted molar refractivity (Wildman–Crippen MR) is 53.7 cm³/mol. The molecule has 0 aliphatic rings. The summed E-state index contributed by atoms with van der Waals surface area (Å²) in [5.41, 5.74) is 1.08. The summed E-state index contributed by atoms with van der Waals surface area (Å²) >= 11 is 6.88. The summed E-state index contributed by atoms with van der Waals surface area (Å²) in [6, 6.07) is 2.04. The first-order chi connectivity index (χ1) is 5.59. The maximum Gasteiger partial charge on any atom is 0.245 e. The fourth-order valence-electron chi connectivity index (χ4n) is 0.971. The number of aryl methyl sites for hydroxylation is 2. The Morgan fingerprint density at radius 3 is 2.67 bits per heavy atom. The summed E-state index contributed by atoms with van der Waals surface area (Å²) in [6.07, 6.45) is 3.12. The maximum atomic E-state index is 10.4. The number of rotatable bonds is 2. The fraction of sp³-hybridized carbons (Fsp3) is 0.222.